The molecule has 170 valence electrons. The second-order valence-corrected chi connectivity index (χ2v) is 11.4. The number of rotatable bonds is 6. The molecule has 0 aliphatic heterocycles. The van der Waals surface area contributed by atoms with Crippen molar-refractivity contribution >= 4 is 49.5 Å². The molecule has 2 heterocycles. The lowest BCUT2D eigenvalue weighted by Gasteiger charge is -2.09. The number of hydrogen-bond acceptors (Lipinski definition) is 6. The van der Waals surface area contributed by atoms with E-state index in [1.807, 2.05) is 0 Å². The van der Waals surface area contributed by atoms with Crippen LogP contribution in [0.15, 0.2) is 62.3 Å². The van der Waals surface area contributed by atoms with Gasteiger partial charge in [-0.15, -0.1) is 11.3 Å². The zero-order valence-electron chi connectivity index (χ0n) is 17.1. The predicted octanol–water partition coefficient (Wildman–Crippen LogP) is 3.43. The van der Waals surface area contributed by atoms with Crippen LogP contribution in [0.1, 0.15) is 11.1 Å². The topological polar surface area (TPSA) is 106 Å². The fourth-order valence-electron chi connectivity index (χ4n) is 3.41. The van der Waals surface area contributed by atoms with Crippen molar-refractivity contribution < 1.29 is 17.6 Å². The maximum Gasteiger partial charge on any atom is 0.333 e. The third-order valence-electron chi connectivity index (χ3n) is 4.91. The van der Waals surface area contributed by atoms with E-state index < -0.39 is 38.4 Å². The van der Waals surface area contributed by atoms with E-state index in [1.54, 1.807) is 25.1 Å². The fourth-order valence-corrected chi connectivity index (χ4v) is 6.23. The van der Waals surface area contributed by atoms with Crippen molar-refractivity contribution in [1.29, 1.82) is 0 Å². The van der Waals surface area contributed by atoms with Gasteiger partial charge in [0, 0.05) is 6.42 Å². The molecule has 2 aromatic carbocycles. The number of ketones is 1. The lowest BCUT2D eigenvalue weighted by Crippen LogP contribution is -2.34. The molecule has 0 saturated heterocycles. The molecule has 0 atom stereocenters. The number of Topliss-reactive ketones (excluding diaryl/α,β-unsaturated/α-hetero) is 1. The molecule has 0 unspecified atom stereocenters. The van der Waals surface area contributed by atoms with Crippen molar-refractivity contribution in [3.63, 3.8) is 0 Å². The lowest BCUT2D eigenvalue weighted by atomic mass is 10.1. The molecule has 0 amide bonds. The molecule has 4 aromatic rings. The SMILES string of the molecule is Cc1ccc2[nH]c(=O)n(-c3ccc(CC(=O)CS(=O)(=O)c4ccc(Cl)s4)cc3F)c(=O)c2c1. The van der Waals surface area contributed by atoms with Gasteiger partial charge in [0.25, 0.3) is 5.56 Å². The van der Waals surface area contributed by atoms with Crippen molar-refractivity contribution in [2.75, 3.05) is 5.75 Å². The summed E-state index contributed by atoms with van der Waals surface area (Å²) in [5.74, 6) is -2.29. The first-order valence-electron chi connectivity index (χ1n) is 9.59. The molecule has 7 nitrogen and oxygen atoms in total. The van der Waals surface area contributed by atoms with E-state index in [9.17, 15) is 27.2 Å². The van der Waals surface area contributed by atoms with Crippen LogP contribution in [0.3, 0.4) is 0 Å². The first-order valence-corrected chi connectivity index (χ1v) is 12.4. The highest BCUT2D eigenvalue weighted by Gasteiger charge is 2.22. The minimum Gasteiger partial charge on any atom is -0.306 e. The molecule has 2 aromatic heterocycles. The third-order valence-corrected chi connectivity index (χ3v) is 8.40. The Morgan fingerprint density at radius 3 is 2.55 bits per heavy atom. The lowest BCUT2D eigenvalue weighted by molar-refractivity contribution is -0.116. The van der Waals surface area contributed by atoms with Crippen LogP contribution >= 0.6 is 22.9 Å². The molecular formula is C22H16ClFN2O5S2. The smallest absolute Gasteiger partial charge is 0.306 e. The molecule has 0 saturated carbocycles. The minimum atomic E-state index is -3.86. The van der Waals surface area contributed by atoms with E-state index in [-0.39, 0.29) is 31.6 Å². The summed E-state index contributed by atoms with van der Waals surface area (Å²) in [6.45, 7) is 1.79. The van der Waals surface area contributed by atoms with Crippen LogP contribution in [0.25, 0.3) is 16.6 Å². The number of nitrogens with zero attached hydrogens (tertiary/aromatic N) is 1. The van der Waals surface area contributed by atoms with Gasteiger partial charge in [-0.25, -0.2) is 22.2 Å². The number of halogens is 2. The number of thiophene rings is 1. The highest BCUT2D eigenvalue weighted by molar-refractivity contribution is 7.94. The molecule has 0 bridgehead atoms. The van der Waals surface area contributed by atoms with Crippen molar-refractivity contribution in [1.82, 2.24) is 9.55 Å². The predicted molar refractivity (Wildman–Crippen MR) is 125 cm³/mol. The molecule has 0 aliphatic carbocycles. The molecule has 1 N–H and O–H groups in total. The Hall–Kier alpha value is -3.08. The van der Waals surface area contributed by atoms with E-state index in [1.165, 1.54) is 24.3 Å². The van der Waals surface area contributed by atoms with Gasteiger partial charge in [0.2, 0.25) is 0 Å². The molecule has 11 heteroatoms. The van der Waals surface area contributed by atoms with Gasteiger partial charge in [-0.2, -0.15) is 0 Å². The number of aryl methyl sites for hydroxylation is 1. The van der Waals surface area contributed by atoms with Crippen LogP contribution in [0.2, 0.25) is 4.34 Å². The van der Waals surface area contributed by atoms with Crippen molar-refractivity contribution in [2.24, 2.45) is 0 Å². The number of aromatic amines is 1. The number of nitrogens with one attached hydrogen (secondary N) is 1. The van der Waals surface area contributed by atoms with Crippen LogP contribution in [-0.4, -0.2) is 29.5 Å². The number of aromatic nitrogens is 2. The maximum atomic E-state index is 14.9. The average Bonchev–Trinajstić information content (AvgIpc) is 3.17. The van der Waals surface area contributed by atoms with Gasteiger partial charge >= 0.3 is 5.69 Å². The average molecular weight is 507 g/mol. The van der Waals surface area contributed by atoms with E-state index in [0.29, 0.717) is 10.1 Å². The van der Waals surface area contributed by atoms with Gasteiger partial charge in [0.05, 0.1) is 20.9 Å². The van der Waals surface area contributed by atoms with Gasteiger partial charge in [-0.1, -0.05) is 29.3 Å². The molecular weight excluding hydrogens is 491 g/mol. The Labute approximate surface area is 196 Å². The second-order valence-electron chi connectivity index (χ2n) is 7.44. The van der Waals surface area contributed by atoms with Crippen LogP contribution in [0.4, 0.5) is 4.39 Å². The number of hydrogen-bond donors (Lipinski definition) is 1. The van der Waals surface area contributed by atoms with E-state index in [4.69, 9.17) is 11.6 Å². The van der Waals surface area contributed by atoms with E-state index in [2.05, 4.69) is 4.98 Å². The number of sulfone groups is 1. The highest BCUT2D eigenvalue weighted by Crippen LogP contribution is 2.26. The number of fused-ring (bicyclic) bond motifs is 1. The Morgan fingerprint density at radius 2 is 1.88 bits per heavy atom. The molecule has 0 spiro atoms. The zero-order valence-corrected chi connectivity index (χ0v) is 19.5. The quantitative estimate of drug-likeness (QED) is 0.431. The Balaban J connectivity index is 1.62. The van der Waals surface area contributed by atoms with Crippen molar-refractivity contribution in [3.8, 4) is 5.69 Å². The van der Waals surface area contributed by atoms with E-state index in [0.717, 1.165) is 23.0 Å². The summed E-state index contributed by atoms with van der Waals surface area (Å²) in [6.07, 6.45) is -0.336. The summed E-state index contributed by atoms with van der Waals surface area (Å²) in [5, 5.41) is 0.229. The van der Waals surface area contributed by atoms with Gasteiger partial charge in [0.15, 0.2) is 15.6 Å². The first kappa shape index (κ1) is 23.1. The second kappa shape index (κ2) is 8.69. The van der Waals surface area contributed by atoms with Gasteiger partial charge in [-0.3, -0.25) is 9.59 Å². The first-order chi connectivity index (χ1) is 15.5. The highest BCUT2D eigenvalue weighted by atomic mass is 35.5. The zero-order chi connectivity index (χ0) is 23.9. The summed E-state index contributed by atoms with van der Waals surface area (Å²) in [4.78, 5) is 40.2. The summed E-state index contributed by atoms with van der Waals surface area (Å²) >= 11 is 6.61. The Morgan fingerprint density at radius 1 is 1.12 bits per heavy atom. The normalized spacial score (nSPS) is 11.7. The monoisotopic (exact) mass is 506 g/mol. The summed E-state index contributed by atoms with van der Waals surface area (Å²) < 4.78 is 40.5. The van der Waals surface area contributed by atoms with Gasteiger partial charge in [0.1, 0.15) is 15.8 Å². The number of carbonyl (C=O) groups is 1. The van der Waals surface area contributed by atoms with Crippen LogP contribution in [-0.2, 0) is 21.1 Å². The van der Waals surface area contributed by atoms with Gasteiger partial charge < -0.3 is 4.98 Å². The summed E-state index contributed by atoms with van der Waals surface area (Å²) in [5.41, 5.74) is -0.417. The number of H-pyrrole nitrogens is 1. The Kier molecular flexibility index (Phi) is 6.08. The molecule has 0 fully saturated rings. The van der Waals surface area contributed by atoms with Crippen molar-refractivity contribution in [3.05, 3.63) is 90.6 Å². The molecule has 0 aliphatic rings. The Bertz CT molecular complexity index is 1640. The standard InChI is InChI=1S/C22H16ClFN2O5S2/c1-12-2-4-17-15(8-12)21(28)26(22(29)25-17)18-5-3-13(10-16(18)24)9-14(27)11-33(30,31)20-7-6-19(23)32-20/h2-8,10H,9,11H2,1H3,(H,25,29). The summed E-state index contributed by atoms with van der Waals surface area (Å²) in [6, 6.07) is 11.3. The number of benzene rings is 2. The minimum absolute atomic E-state index is 0.0208. The molecule has 0 radical (unpaired) electrons. The molecule has 4 rings (SSSR count). The fraction of sp³-hybridized carbons (Fsp3) is 0.136. The maximum absolute atomic E-state index is 14.9. The van der Waals surface area contributed by atoms with E-state index >= 15 is 0 Å². The van der Waals surface area contributed by atoms with Crippen molar-refractivity contribution in [2.45, 2.75) is 17.6 Å². The van der Waals surface area contributed by atoms with Crippen LogP contribution in [0, 0.1) is 12.7 Å². The van der Waals surface area contributed by atoms with Crippen LogP contribution in [0.5, 0.6) is 0 Å². The van der Waals surface area contributed by atoms with Crippen LogP contribution < -0.4 is 11.2 Å². The summed E-state index contributed by atoms with van der Waals surface area (Å²) in [7, 11) is -3.86. The van der Waals surface area contributed by atoms with Gasteiger partial charge in [-0.05, 0) is 48.9 Å². The third kappa shape index (κ3) is 4.68. The largest absolute Gasteiger partial charge is 0.333 e. The molecule has 33 heavy (non-hydrogen) atoms. The number of carbonyl (C=O) groups excluding carboxylic acids is 1.